The maximum atomic E-state index is 10.8. The lowest BCUT2D eigenvalue weighted by molar-refractivity contribution is -0.384. The minimum absolute atomic E-state index is 0.0101. The molecule has 0 spiro atoms. The number of methoxy groups -OCH3 is 1. The fourth-order valence-electron chi connectivity index (χ4n) is 2.23. The van der Waals surface area contributed by atoms with Crippen LogP contribution in [-0.4, -0.2) is 19.1 Å². The summed E-state index contributed by atoms with van der Waals surface area (Å²) in [6.45, 7) is 2.07. The number of nitro groups is 1. The van der Waals surface area contributed by atoms with Gasteiger partial charge in [-0.25, -0.2) is 0 Å². The molecule has 0 aliphatic rings. The molecule has 1 unspecified atom stereocenters. The summed E-state index contributed by atoms with van der Waals surface area (Å²) in [6.07, 6.45) is 0.904. The zero-order valence-corrected chi connectivity index (χ0v) is 12.3. The molecule has 6 nitrogen and oxygen atoms in total. The summed E-state index contributed by atoms with van der Waals surface area (Å²) in [6, 6.07) is 8.37. The standard InChI is InChI=1S/C15H18N2O4/c1-4-12(16-2)14-8-7-13(21-14)11-6-5-10(17(18)19)9-15(11)20-3/h5-9,12,16H,4H2,1-3H3. The first-order chi connectivity index (χ1) is 10.1. The van der Waals surface area contributed by atoms with Crippen LogP contribution in [0, 0.1) is 10.1 Å². The third kappa shape index (κ3) is 3.05. The highest BCUT2D eigenvalue weighted by Gasteiger charge is 2.17. The second kappa shape index (κ2) is 6.41. The first-order valence-corrected chi connectivity index (χ1v) is 6.70. The topological polar surface area (TPSA) is 77.5 Å². The van der Waals surface area contributed by atoms with Gasteiger partial charge in [0.1, 0.15) is 17.3 Å². The first-order valence-electron chi connectivity index (χ1n) is 6.70. The Morgan fingerprint density at radius 2 is 2.14 bits per heavy atom. The van der Waals surface area contributed by atoms with Gasteiger partial charge in [0, 0.05) is 6.07 Å². The highest BCUT2D eigenvalue weighted by molar-refractivity contribution is 5.68. The lowest BCUT2D eigenvalue weighted by Crippen LogP contribution is -2.14. The van der Waals surface area contributed by atoms with E-state index in [1.165, 1.54) is 19.2 Å². The van der Waals surface area contributed by atoms with E-state index in [9.17, 15) is 10.1 Å². The number of nitrogens with one attached hydrogen (secondary N) is 1. The van der Waals surface area contributed by atoms with Crippen molar-refractivity contribution in [1.82, 2.24) is 5.32 Å². The van der Waals surface area contributed by atoms with Crippen molar-refractivity contribution in [3.05, 3.63) is 46.2 Å². The number of non-ortho nitro benzene ring substituents is 1. The molecule has 0 saturated heterocycles. The molecule has 0 saturated carbocycles. The van der Waals surface area contributed by atoms with Gasteiger partial charge in [-0.05, 0) is 31.7 Å². The Labute approximate surface area is 122 Å². The quantitative estimate of drug-likeness (QED) is 0.650. The van der Waals surface area contributed by atoms with Crippen molar-refractivity contribution < 1.29 is 14.1 Å². The second-order valence-corrected chi connectivity index (χ2v) is 4.59. The van der Waals surface area contributed by atoms with E-state index >= 15 is 0 Å². The molecule has 21 heavy (non-hydrogen) atoms. The second-order valence-electron chi connectivity index (χ2n) is 4.59. The summed E-state index contributed by atoms with van der Waals surface area (Å²) in [7, 11) is 3.36. The minimum Gasteiger partial charge on any atom is -0.496 e. The molecular formula is C15H18N2O4. The molecule has 1 aromatic carbocycles. The number of nitro benzene ring substituents is 1. The number of furan rings is 1. The molecule has 2 aromatic rings. The van der Waals surface area contributed by atoms with Gasteiger partial charge in [-0.15, -0.1) is 0 Å². The van der Waals surface area contributed by atoms with E-state index in [-0.39, 0.29) is 11.7 Å². The number of ether oxygens (including phenoxy) is 1. The van der Waals surface area contributed by atoms with Crippen LogP contribution in [0.1, 0.15) is 25.1 Å². The molecule has 2 rings (SSSR count). The first kappa shape index (κ1) is 15.1. The Morgan fingerprint density at radius 1 is 1.38 bits per heavy atom. The Bertz CT molecular complexity index is 632. The number of benzene rings is 1. The van der Waals surface area contributed by atoms with Gasteiger partial charge in [0.05, 0.1) is 29.7 Å². The molecular weight excluding hydrogens is 272 g/mol. The van der Waals surface area contributed by atoms with Crippen LogP contribution in [0.15, 0.2) is 34.7 Å². The molecule has 1 atom stereocenters. The Kier molecular flexibility index (Phi) is 4.59. The fourth-order valence-corrected chi connectivity index (χ4v) is 2.23. The highest BCUT2D eigenvalue weighted by atomic mass is 16.6. The lowest BCUT2D eigenvalue weighted by atomic mass is 10.1. The summed E-state index contributed by atoms with van der Waals surface area (Å²) in [4.78, 5) is 10.4. The Balaban J connectivity index is 2.40. The molecule has 1 aromatic heterocycles. The van der Waals surface area contributed by atoms with Crippen LogP contribution in [0.5, 0.6) is 5.75 Å². The van der Waals surface area contributed by atoms with Crippen LogP contribution >= 0.6 is 0 Å². The van der Waals surface area contributed by atoms with Crippen molar-refractivity contribution in [2.75, 3.05) is 14.2 Å². The van der Waals surface area contributed by atoms with E-state index in [2.05, 4.69) is 12.2 Å². The smallest absolute Gasteiger partial charge is 0.273 e. The van der Waals surface area contributed by atoms with E-state index < -0.39 is 4.92 Å². The minimum atomic E-state index is -0.450. The zero-order chi connectivity index (χ0) is 15.4. The number of hydrogen-bond donors (Lipinski definition) is 1. The maximum absolute atomic E-state index is 10.8. The van der Waals surface area contributed by atoms with Gasteiger partial charge in [0.15, 0.2) is 0 Å². The number of hydrogen-bond acceptors (Lipinski definition) is 5. The van der Waals surface area contributed by atoms with Crippen molar-refractivity contribution in [2.45, 2.75) is 19.4 Å². The summed E-state index contributed by atoms with van der Waals surface area (Å²) < 4.78 is 11.1. The average molecular weight is 290 g/mol. The van der Waals surface area contributed by atoms with Crippen LogP contribution < -0.4 is 10.1 Å². The molecule has 0 radical (unpaired) electrons. The molecule has 112 valence electrons. The van der Waals surface area contributed by atoms with Gasteiger partial charge in [-0.2, -0.15) is 0 Å². The monoisotopic (exact) mass is 290 g/mol. The molecule has 6 heteroatoms. The van der Waals surface area contributed by atoms with Gasteiger partial charge >= 0.3 is 0 Å². The molecule has 0 bridgehead atoms. The van der Waals surface area contributed by atoms with Crippen molar-refractivity contribution in [3.8, 4) is 17.1 Å². The van der Waals surface area contributed by atoms with Gasteiger partial charge in [-0.1, -0.05) is 6.92 Å². The predicted molar refractivity (Wildman–Crippen MR) is 79.4 cm³/mol. The normalized spacial score (nSPS) is 12.1. The summed E-state index contributed by atoms with van der Waals surface area (Å²) in [5.74, 6) is 1.88. The van der Waals surface area contributed by atoms with Crippen molar-refractivity contribution in [1.29, 1.82) is 0 Å². The van der Waals surface area contributed by atoms with E-state index in [0.29, 0.717) is 17.1 Å². The van der Waals surface area contributed by atoms with Gasteiger partial charge in [-0.3, -0.25) is 10.1 Å². The molecule has 1 heterocycles. The van der Waals surface area contributed by atoms with E-state index in [0.717, 1.165) is 12.2 Å². The summed E-state index contributed by atoms with van der Waals surface area (Å²) in [5.41, 5.74) is 0.685. The number of nitrogens with zero attached hydrogens (tertiary/aromatic N) is 1. The molecule has 0 amide bonds. The maximum Gasteiger partial charge on any atom is 0.273 e. The average Bonchev–Trinajstić information content (AvgIpc) is 2.97. The SMILES string of the molecule is CCC(NC)c1ccc(-c2ccc([N+](=O)[O-])cc2OC)o1. The van der Waals surface area contributed by atoms with E-state index in [4.69, 9.17) is 9.15 Å². The highest BCUT2D eigenvalue weighted by Crippen LogP contribution is 2.35. The van der Waals surface area contributed by atoms with Crippen molar-refractivity contribution in [3.63, 3.8) is 0 Å². The third-order valence-electron chi connectivity index (χ3n) is 3.39. The largest absolute Gasteiger partial charge is 0.496 e. The zero-order valence-electron chi connectivity index (χ0n) is 12.3. The lowest BCUT2D eigenvalue weighted by Gasteiger charge is -2.10. The van der Waals surface area contributed by atoms with Crippen LogP contribution in [0.25, 0.3) is 11.3 Å². The molecule has 1 N–H and O–H groups in total. The summed E-state index contributed by atoms with van der Waals surface area (Å²) in [5, 5.41) is 14.0. The van der Waals surface area contributed by atoms with Crippen LogP contribution in [0.4, 0.5) is 5.69 Å². The Morgan fingerprint density at radius 3 is 2.71 bits per heavy atom. The van der Waals surface area contributed by atoms with Crippen molar-refractivity contribution in [2.24, 2.45) is 0 Å². The van der Waals surface area contributed by atoms with Gasteiger partial charge in [0.2, 0.25) is 0 Å². The fraction of sp³-hybridized carbons (Fsp3) is 0.333. The van der Waals surface area contributed by atoms with Crippen LogP contribution in [0.3, 0.4) is 0 Å². The van der Waals surface area contributed by atoms with Crippen molar-refractivity contribution >= 4 is 5.69 Å². The third-order valence-corrected chi connectivity index (χ3v) is 3.39. The van der Waals surface area contributed by atoms with E-state index in [1.807, 2.05) is 19.2 Å². The summed E-state index contributed by atoms with van der Waals surface area (Å²) >= 11 is 0. The van der Waals surface area contributed by atoms with Gasteiger partial charge < -0.3 is 14.5 Å². The molecule has 0 aliphatic carbocycles. The molecule has 0 fully saturated rings. The Hall–Kier alpha value is -2.34. The number of rotatable bonds is 6. The van der Waals surface area contributed by atoms with Gasteiger partial charge in [0.25, 0.3) is 5.69 Å². The van der Waals surface area contributed by atoms with Crippen LogP contribution in [-0.2, 0) is 0 Å². The predicted octanol–water partition coefficient (Wildman–Crippen LogP) is 3.53. The van der Waals surface area contributed by atoms with E-state index in [1.54, 1.807) is 6.07 Å². The van der Waals surface area contributed by atoms with Crippen LogP contribution in [0.2, 0.25) is 0 Å². The molecule has 0 aliphatic heterocycles.